The Morgan fingerprint density at radius 3 is 2.77 bits per heavy atom. The molecule has 1 aliphatic rings. The predicted octanol–water partition coefficient (Wildman–Crippen LogP) is 2.09. The molecule has 0 saturated heterocycles. The minimum atomic E-state index is 0.0476. The SMILES string of the molecule is CC(N)c1cc(C2CCCC2)[nH]n1. The summed E-state index contributed by atoms with van der Waals surface area (Å²) in [4.78, 5) is 0. The topological polar surface area (TPSA) is 54.7 Å². The maximum atomic E-state index is 5.74. The third-order valence-electron chi connectivity index (χ3n) is 2.88. The first-order valence-electron chi connectivity index (χ1n) is 5.08. The van der Waals surface area contributed by atoms with Crippen LogP contribution >= 0.6 is 0 Å². The van der Waals surface area contributed by atoms with Gasteiger partial charge >= 0.3 is 0 Å². The maximum Gasteiger partial charge on any atom is 0.0789 e. The molecule has 2 rings (SSSR count). The van der Waals surface area contributed by atoms with Gasteiger partial charge in [-0.05, 0) is 25.8 Å². The molecule has 0 radical (unpaired) electrons. The van der Waals surface area contributed by atoms with Crippen molar-refractivity contribution in [3.8, 4) is 0 Å². The van der Waals surface area contributed by atoms with E-state index in [0.717, 1.165) is 5.69 Å². The molecular weight excluding hydrogens is 162 g/mol. The first-order valence-corrected chi connectivity index (χ1v) is 5.08. The summed E-state index contributed by atoms with van der Waals surface area (Å²) in [6, 6.07) is 2.17. The van der Waals surface area contributed by atoms with E-state index >= 15 is 0 Å². The lowest BCUT2D eigenvalue weighted by Crippen LogP contribution is -2.04. The van der Waals surface area contributed by atoms with Gasteiger partial charge in [-0.3, -0.25) is 5.10 Å². The summed E-state index contributed by atoms with van der Waals surface area (Å²) in [6.07, 6.45) is 5.33. The van der Waals surface area contributed by atoms with Gasteiger partial charge in [-0.1, -0.05) is 12.8 Å². The lowest BCUT2D eigenvalue weighted by Gasteiger charge is -2.03. The summed E-state index contributed by atoms with van der Waals surface area (Å²) in [5, 5.41) is 7.31. The summed E-state index contributed by atoms with van der Waals surface area (Å²) < 4.78 is 0. The van der Waals surface area contributed by atoms with Crippen LogP contribution in [0.25, 0.3) is 0 Å². The van der Waals surface area contributed by atoms with Crippen molar-refractivity contribution in [2.45, 2.75) is 44.6 Å². The Bertz CT molecular complexity index is 271. The zero-order valence-electron chi connectivity index (χ0n) is 8.09. The monoisotopic (exact) mass is 179 g/mol. The normalized spacial score (nSPS) is 20.8. The van der Waals surface area contributed by atoms with E-state index in [1.807, 2.05) is 6.92 Å². The molecule has 3 nitrogen and oxygen atoms in total. The molecule has 1 aromatic rings. The van der Waals surface area contributed by atoms with Crippen molar-refractivity contribution in [2.75, 3.05) is 0 Å². The third-order valence-corrected chi connectivity index (χ3v) is 2.88. The summed E-state index contributed by atoms with van der Waals surface area (Å²) in [6.45, 7) is 1.97. The van der Waals surface area contributed by atoms with Crippen molar-refractivity contribution in [1.29, 1.82) is 0 Å². The van der Waals surface area contributed by atoms with Crippen LogP contribution in [0.2, 0.25) is 0 Å². The van der Waals surface area contributed by atoms with Crippen LogP contribution < -0.4 is 5.73 Å². The molecule has 3 N–H and O–H groups in total. The predicted molar refractivity (Wildman–Crippen MR) is 52.4 cm³/mol. The Morgan fingerprint density at radius 2 is 2.23 bits per heavy atom. The van der Waals surface area contributed by atoms with Crippen molar-refractivity contribution in [2.24, 2.45) is 5.73 Å². The highest BCUT2D eigenvalue weighted by Gasteiger charge is 2.19. The molecule has 1 aliphatic carbocycles. The minimum absolute atomic E-state index is 0.0476. The second kappa shape index (κ2) is 3.50. The molecule has 3 heteroatoms. The van der Waals surface area contributed by atoms with E-state index in [1.54, 1.807) is 0 Å². The highest BCUT2D eigenvalue weighted by molar-refractivity contribution is 5.16. The standard InChI is InChI=1S/C10H17N3/c1-7(11)9-6-10(13-12-9)8-4-2-3-5-8/h6-8H,2-5,11H2,1H3,(H,12,13). The van der Waals surface area contributed by atoms with Gasteiger partial charge in [0.1, 0.15) is 0 Å². The van der Waals surface area contributed by atoms with Gasteiger partial charge in [0.15, 0.2) is 0 Å². The van der Waals surface area contributed by atoms with Crippen molar-refractivity contribution >= 4 is 0 Å². The number of hydrogen-bond acceptors (Lipinski definition) is 2. The van der Waals surface area contributed by atoms with E-state index in [2.05, 4.69) is 16.3 Å². The number of aromatic nitrogens is 2. The van der Waals surface area contributed by atoms with Gasteiger partial charge < -0.3 is 5.73 Å². The molecule has 1 unspecified atom stereocenters. The molecule has 1 saturated carbocycles. The first-order chi connectivity index (χ1) is 6.27. The van der Waals surface area contributed by atoms with Crippen LogP contribution in [0.5, 0.6) is 0 Å². The minimum Gasteiger partial charge on any atom is -0.323 e. The van der Waals surface area contributed by atoms with Crippen LogP contribution in [0.1, 0.15) is 56.0 Å². The summed E-state index contributed by atoms with van der Waals surface area (Å²) in [7, 11) is 0. The van der Waals surface area contributed by atoms with Crippen molar-refractivity contribution in [1.82, 2.24) is 10.2 Å². The van der Waals surface area contributed by atoms with Crippen LogP contribution in [-0.4, -0.2) is 10.2 Å². The smallest absolute Gasteiger partial charge is 0.0789 e. The molecule has 0 bridgehead atoms. The molecule has 1 aromatic heterocycles. The molecule has 1 fully saturated rings. The molecule has 72 valence electrons. The van der Waals surface area contributed by atoms with Gasteiger partial charge in [0.25, 0.3) is 0 Å². The number of nitrogens with zero attached hydrogens (tertiary/aromatic N) is 1. The number of nitrogens with one attached hydrogen (secondary N) is 1. The van der Waals surface area contributed by atoms with Crippen molar-refractivity contribution < 1.29 is 0 Å². The van der Waals surface area contributed by atoms with Gasteiger partial charge in [-0.15, -0.1) is 0 Å². The van der Waals surface area contributed by atoms with Crippen LogP contribution in [0.3, 0.4) is 0 Å². The zero-order chi connectivity index (χ0) is 9.26. The third kappa shape index (κ3) is 1.75. The van der Waals surface area contributed by atoms with Gasteiger partial charge in [0.2, 0.25) is 0 Å². The molecule has 1 heterocycles. The number of rotatable bonds is 2. The summed E-state index contributed by atoms with van der Waals surface area (Å²) in [5.74, 6) is 0.708. The number of hydrogen-bond donors (Lipinski definition) is 2. The lowest BCUT2D eigenvalue weighted by molar-refractivity contribution is 0.692. The highest BCUT2D eigenvalue weighted by atomic mass is 15.1. The van der Waals surface area contributed by atoms with E-state index in [-0.39, 0.29) is 6.04 Å². The molecule has 0 aliphatic heterocycles. The second-order valence-electron chi connectivity index (χ2n) is 4.02. The molecular formula is C10H17N3. The molecule has 0 amide bonds. The van der Waals surface area contributed by atoms with Gasteiger partial charge in [0.05, 0.1) is 5.69 Å². The van der Waals surface area contributed by atoms with Crippen LogP contribution in [0.15, 0.2) is 6.07 Å². The fraction of sp³-hybridized carbons (Fsp3) is 0.700. The van der Waals surface area contributed by atoms with E-state index in [4.69, 9.17) is 5.73 Å². The van der Waals surface area contributed by atoms with E-state index < -0.39 is 0 Å². The summed E-state index contributed by atoms with van der Waals surface area (Å²) in [5.41, 5.74) is 8.01. The Balaban J connectivity index is 2.12. The molecule has 1 atom stereocenters. The van der Waals surface area contributed by atoms with Crippen LogP contribution in [0.4, 0.5) is 0 Å². The second-order valence-corrected chi connectivity index (χ2v) is 4.02. The van der Waals surface area contributed by atoms with Crippen molar-refractivity contribution in [3.05, 3.63) is 17.5 Å². The Kier molecular flexibility index (Phi) is 2.36. The molecule has 0 spiro atoms. The zero-order valence-corrected chi connectivity index (χ0v) is 8.09. The fourth-order valence-electron chi connectivity index (χ4n) is 2.03. The Labute approximate surface area is 78.7 Å². The van der Waals surface area contributed by atoms with E-state index in [1.165, 1.54) is 31.4 Å². The largest absolute Gasteiger partial charge is 0.323 e. The first kappa shape index (κ1) is 8.75. The Hall–Kier alpha value is -0.830. The number of H-pyrrole nitrogens is 1. The summed E-state index contributed by atoms with van der Waals surface area (Å²) >= 11 is 0. The molecule has 0 aromatic carbocycles. The Morgan fingerprint density at radius 1 is 1.54 bits per heavy atom. The lowest BCUT2D eigenvalue weighted by atomic mass is 10.0. The number of nitrogens with two attached hydrogens (primary N) is 1. The fourth-order valence-corrected chi connectivity index (χ4v) is 2.03. The van der Waals surface area contributed by atoms with Crippen LogP contribution in [-0.2, 0) is 0 Å². The van der Waals surface area contributed by atoms with Crippen molar-refractivity contribution in [3.63, 3.8) is 0 Å². The van der Waals surface area contributed by atoms with Gasteiger partial charge in [-0.2, -0.15) is 5.10 Å². The molecule has 13 heavy (non-hydrogen) atoms. The average Bonchev–Trinajstić information content (AvgIpc) is 2.75. The maximum absolute atomic E-state index is 5.74. The average molecular weight is 179 g/mol. The van der Waals surface area contributed by atoms with E-state index in [9.17, 15) is 0 Å². The highest BCUT2D eigenvalue weighted by Crippen LogP contribution is 2.33. The quantitative estimate of drug-likeness (QED) is 0.730. The van der Waals surface area contributed by atoms with Gasteiger partial charge in [0, 0.05) is 17.7 Å². The van der Waals surface area contributed by atoms with Gasteiger partial charge in [-0.25, -0.2) is 0 Å². The van der Waals surface area contributed by atoms with E-state index in [0.29, 0.717) is 5.92 Å². The van der Waals surface area contributed by atoms with Crippen LogP contribution in [0, 0.1) is 0 Å². The number of aromatic amines is 1.